The minimum absolute atomic E-state index is 0.0254. The molecule has 1 rings (SSSR count). The van der Waals surface area contributed by atoms with Gasteiger partial charge < -0.3 is 15.2 Å². The fourth-order valence-corrected chi connectivity index (χ4v) is 1.54. The highest BCUT2D eigenvalue weighted by molar-refractivity contribution is 5.97. The first-order valence-corrected chi connectivity index (χ1v) is 6.41. The van der Waals surface area contributed by atoms with E-state index in [1.54, 1.807) is 32.0 Å². The highest BCUT2D eigenvalue weighted by Crippen LogP contribution is 2.27. The smallest absolute Gasteiger partial charge is 0.249 e. The maximum atomic E-state index is 11.5. The van der Waals surface area contributed by atoms with Gasteiger partial charge in [0, 0.05) is 11.6 Å². The zero-order valence-electron chi connectivity index (χ0n) is 12.2. The molecule has 0 bridgehead atoms. The van der Waals surface area contributed by atoms with Crippen LogP contribution in [-0.4, -0.2) is 36.3 Å². The number of rotatable bonds is 6. The Kier molecular flexibility index (Phi) is 6.19. The summed E-state index contributed by atoms with van der Waals surface area (Å²) in [6.45, 7) is 3.61. The summed E-state index contributed by atoms with van der Waals surface area (Å²) in [5.74, 6) is -0.675. The Morgan fingerprint density at radius 2 is 2.10 bits per heavy atom. The average molecular weight is 293 g/mol. The maximum Gasteiger partial charge on any atom is 0.249 e. The molecule has 0 aliphatic rings. The molecule has 0 aliphatic heterocycles. The van der Waals surface area contributed by atoms with E-state index in [0.29, 0.717) is 11.3 Å². The quantitative estimate of drug-likeness (QED) is 0.409. The first kappa shape index (κ1) is 16.5. The van der Waals surface area contributed by atoms with Gasteiger partial charge in [0.1, 0.15) is 6.42 Å². The number of benzene rings is 1. The molecule has 1 aromatic carbocycles. The first-order chi connectivity index (χ1) is 9.93. The van der Waals surface area contributed by atoms with Gasteiger partial charge in [0.2, 0.25) is 11.8 Å². The Hall–Kier alpha value is -2.57. The summed E-state index contributed by atoms with van der Waals surface area (Å²) < 4.78 is 4.95. The summed E-state index contributed by atoms with van der Waals surface area (Å²) in [5, 5.41) is 16.1. The Balaban J connectivity index is 2.55. The minimum Gasteiger partial charge on any atom is -0.504 e. The third-order valence-electron chi connectivity index (χ3n) is 2.41. The standard InChI is InChI=1S/C14H19N3O4/c1-9(2)16-12(18)7-13(19)17-15-8-10-5-4-6-11(21-3)14(10)20/h4-6,8-9,20H,7H2,1-3H3,(H,16,18)(H,17,19). The van der Waals surface area contributed by atoms with Crippen LogP contribution in [0.5, 0.6) is 11.5 Å². The Morgan fingerprint density at radius 1 is 1.38 bits per heavy atom. The van der Waals surface area contributed by atoms with Gasteiger partial charge in [0.15, 0.2) is 11.5 Å². The summed E-state index contributed by atoms with van der Waals surface area (Å²) in [6.07, 6.45) is 0.968. The molecule has 21 heavy (non-hydrogen) atoms. The molecule has 0 saturated carbocycles. The van der Waals surface area contributed by atoms with Crippen molar-refractivity contribution in [3.63, 3.8) is 0 Å². The van der Waals surface area contributed by atoms with Gasteiger partial charge in [0.05, 0.1) is 13.3 Å². The van der Waals surface area contributed by atoms with Crippen molar-refractivity contribution in [3.05, 3.63) is 23.8 Å². The molecule has 0 fully saturated rings. The average Bonchev–Trinajstić information content (AvgIpc) is 2.39. The van der Waals surface area contributed by atoms with E-state index in [4.69, 9.17) is 4.74 Å². The summed E-state index contributed by atoms with van der Waals surface area (Å²) >= 11 is 0. The lowest BCUT2D eigenvalue weighted by Crippen LogP contribution is -2.34. The zero-order valence-corrected chi connectivity index (χ0v) is 12.2. The maximum absolute atomic E-state index is 11.5. The highest BCUT2D eigenvalue weighted by Gasteiger charge is 2.09. The number of aromatic hydroxyl groups is 1. The number of hydrogen-bond donors (Lipinski definition) is 3. The van der Waals surface area contributed by atoms with Gasteiger partial charge in [-0.15, -0.1) is 0 Å². The predicted molar refractivity (Wildman–Crippen MR) is 78.3 cm³/mol. The monoisotopic (exact) mass is 293 g/mol. The zero-order chi connectivity index (χ0) is 15.8. The van der Waals surface area contributed by atoms with Gasteiger partial charge in [0.25, 0.3) is 0 Å². The second kappa shape index (κ2) is 7.88. The number of amides is 2. The molecule has 3 N–H and O–H groups in total. The van der Waals surface area contributed by atoms with E-state index in [1.165, 1.54) is 13.3 Å². The van der Waals surface area contributed by atoms with E-state index in [-0.39, 0.29) is 24.1 Å². The molecule has 0 unspecified atom stereocenters. The van der Waals surface area contributed by atoms with Crippen molar-refractivity contribution in [1.29, 1.82) is 0 Å². The molecule has 0 atom stereocenters. The number of nitrogens with one attached hydrogen (secondary N) is 2. The lowest BCUT2D eigenvalue weighted by atomic mass is 10.2. The largest absolute Gasteiger partial charge is 0.504 e. The number of phenolic OH excluding ortho intramolecular Hbond substituents is 1. The molecule has 0 radical (unpaired) electrons. The number of nitrogens with zero attached hydrogens (tertiary/aromatic N) is 1. The Labute approximate surface area is 123 Å². The van der Waals surface area contributed by atoms with Crippen molar-refractivity contribution in [2.24, 2.45) is 5.10 Å². The fraction of sp³-hybridized carbons (Fsp3) is 0.357. The third-order valence-corrected chi connectivity index (χ3v) is 2.41. The molecule has 114 valence electrons. The number of hydrogen-bond acceptors (Lipinski definition) is 5. The van der Waals surface area contributed by atoms with E-state index in [0.717, 1.165) is 0 Å². The van der Waals surface area contributed by atoms with Gasteiger partial charge in [-0.2, -0.15) is 5.10 Å². The van der Waals surface area contributed by atoms with Crippen molar-refractivity contribution in [2.45, 2.75) is 26.3 Å². The highest BCUT2D eigenvalue weighted by atomic mass is 16.5. The summed E-state index contributed by atoms with van der Waals surface area (Å²) in [5.41, 5.74) is 2.61. The van der Waals surface area contributed by atoms with Crippen LogP contribution < -0.4 is 15.5 Å². The van der Waals surface area contributed by atoms with Crippen LogP contribution >= 0.6 is 0 Å². The van der Waals surface area contributed by atoms with E-state index in [1.807, 2.05) is 0 Å². The van der Waals surface area contributed by atoms with Gasteiger partial charge in [-0.1, -0.05) is 6.07 Å². The summed E-state index contributed by atoms with van der Waals surface area (Å²) in [6, 6.07) is 4.86. The van der Waals surface area contributed by atoms with Gasteiger partial charge in [-0.05, 0) is 26.0 Å². The minimum atomic E-state index is -0.535. The van der Waals surface area contributed by atoms with Gasteiger partial charge in [-0.25, -0.2) is 5.43 Å². The van der Waals surface area contributed by atoms with Crippen LogP contribution in [0.4, 0.5) is 0 Å². The fourth-order valence-electron chi connectivity index (χ4n) is 1.54. The van der Waals surface area contributed by atoms with Crippen LogP contribution in [0.15, 0.2) is 23.3 Å². The lowest BCUT2D eigenvalue weighted by Gasteiger charge is -2.07. The van der Waals surface area contributed by atoms with Gasteiger partial charge >= 0.3 is 0 Å². The van der Waals surface area contributed by atoms with E-state index in [9.17, 15) is 14.7 Å². The molecular weight excluding hydrogens is 274 g/mol. The van der Waals surface area contributed by atoms with Crippen molar-refractivity contribution >= 4 is 18.0 Å². The van der Waals surface area contributed by atoms with Crippen molar-refractivity contribution < 1.29 is 19.4 Å². The predicted octanol–water partition coefficient (Wildman–Crippen LogP) is 0.766. The molecule has 2 amide bonds. The topological polar surface area (TPSA) is 100 Å². The van der Waals surface area contributed by atoms with E-state index in [2.05, 4.69) is 15.8 Å². The van der Waals surface area contributed by atoms with Gasteiger partial charge in [-0.3, -0.25) is 9.59 Å². The third kappa shape index (κ3) is 5.52. The van der Waals surface area contributed by atoms with Crippen LogP contribution in [-0.2, 0) is 9.59 Å². The van der Waals surface area contributed by atoms with Crippen LogP contribution in [0, 0.1) is 0 Å². The van der Waals surface area contributed by atoms with Crippen molar-refractivity contribution in [3.8, 4) is 11.5 Å². The summed E-state index contributed by atoms with van der Waals surface area (Å²) in [7, 11) is 1.44. The Bertz CT molecular complexity index is 541. The molecule has 7 nitrogen and oxygen atoms in total. The molecule has 0 heterocycles. The van der Waals surface area contributed by atoms with E-state index < -0.39 is 5.91 Å². The SMILES string of the molecule is COc1cccc(C=NNC(=O)CC(=O)NC(C)C)c1O. The normalized spacial score (nSPS) is 10.7. The second-order valence-corrected chi connectivity index (χ2v) is 4.59. The molecule has 0 spiro atoms. The number of methoxy groups -OCH3 is 1. The van der Waals surface area contributed by atoms with Crippen molar-refractivity contribution in [1.82, 2.24) is 10.7 Å². The number of carbonyl (C=O) groups is 2. The number of ether oxygens (including phenoxy) is 1. The molecule has 0 aliphatic carbocycles. The van der Waals surface area contributed by atoms with E-state index >= 15 is 0 Å². The molecule has 0 saturated heterocycles. The Morgan fingerprint density at radius 3 is 2.71 bits per heavy atom. The van der Waals surface area contributed by atoms with Crippen LogP contribution in [0.25, 0.3) is 0 Å². The second-order valence-electron chi connectivity index (χ2n) is 4.59. The molecule has 1 aromatic rings. The number of hydrazone groups is 1. The molecule has 0 aromatic heterocycles. The molecular formula is C14H19N3O4. The van der Waals surface area contributed by atoms with Crippen LogP contribution in [0.3, 0.4) is 0 Å². The number of phenols is 1. The lowest BCUT2D eigenvalue weighted by molar-refractivity contribution is -0.129. The number of para-hydroxylation sites is 1. The summed E-state index contributed by atoms with van der Waals surface area (Å²) in [4.78, 5) is 22.8. The van der Waals surface area contributed by atoms with Crippen molar-refractivity contribution in [2.75, 3.05) is 7.11 Å². The molecule has 7 heteroatoms. The van der Waals surface area contributed by atoms with Crippen LogP contribution in [0.1, 0.15) is 25.8 Å². The van der Waals surface area contributed by atoms with Crippen LogP contribution in [0.2, 0.25) is 0 Å². The number of carbonyl (C=O) groups excluding carboxylic acids is 2. The first-order valence-electron chi connectivity index (χ1n) is 6.41.